The maximum absolute atomic E-state index is 12.8. The number of hydrogen-bond acceptors (Lipinski definition) is 7. The fourth-order valence-corrected chi connectivity index (χ4v) is 4.89. The van der Waals surface area contributed by atoms with E-state index in [4.69, 9.17) is 15.0 Å². The number of piperazine rings is 1. The van der Waals surface area contributed by atoms with Crippen LogP contribution in [-0.2, 0) is 14.8 Å². The molecule has 1 aliphatic heterocycles. The van der Waals surface area contributed by atoms with E-state index < -0.39 is 15.9 Å². The number of ether oxygens (including phenoxy) is 1. The number of para-hydroxylation sites is 1. The molecule has 2 aromatic rings. The van der Waals surface area contributed by atoms with Crippen LogP contribution in [0.25, 0.3) is 0 Å². The number of primary amides is 1. The first-order valence-corrected chi connectivity index (χ1v) is 10.4. The molecule has 2 heterocycles. The van der Waals surface area contributed by atoms with Gasteiger partial charge in [-0.05, 0) is 26.0 Å². The van der Waals surface area contributed by atoms with Gasteiger partial charge in [0, 0.05) is 26.2 Å². The van der Waals surface area contributed by atoms with Gasteiger partial charge in [-0.25, -0.2) is 8.42 Å². The van der Waals surface area contributed by atoms with Crippen LogP contribution in [0, 0.1) is 13.8 Å². The van der Waals surface area contributed by atoms with Gasteiger partial charge in [0.1, 0.15) is 16.3 Å². The van der Waals surface area contributed by atoms with E-state index in [0.29, 0.717) is 5.69 Å². The summed E-state index contributed by atoms with van der Waals surface area (Å²) in [6, 6.07) is 6.39. The zero-order valence-electron chi connectivity index (χ0n) is 16.1. The fraction of sp³-hybridized carbons (Fsp3) is 0.389. The summed E-state index contributed by atoms with van der Waals surface area (Å²) in [5.41, 5.74) is 5.79. The second kappa shape index (κ2) is 8.21. The van der Waals surface area contributed by atoms with Crippen molar-refractivity contribution in [3.8, 4) is 5.75 Å². The van der Waals surface area contributed by atoms with E-state index in [-0.39, 0.29) is 60.7 Å². The molecule has 0 radical (unpaired) electrons. The molecule has 1 aliphatic rings. The number of benzene rings is 1. The van der Waals surface area contributed by atoms with E-state index in [0.717, 1.165) is 0 Å². The molecule has 0 spiro atoms. The van der Waals surface area contributed by atoms with Crippen LogP contribution in [-0.4, -0.2) is 67.4 Å². The van der Waals surface area contributed by atoms with Crippen molar-refractivity contribution in [2.45, 2.75) is 18.7 Å². The van der Waals surface area contributed by atoms with E-state index >= 15 is 0 Å². The molecule has 0 atom stereocenters. The first-order chi connectivity index (χ1) is 13.7. The molecular formula is C18H22N4O6S. The monoisotopic (exact) mass is 422 g/mol. The molecule has 10 nitrogen and oxygen atoms in total. The Labute approximate surface area is 168 Å². The van der Waals surface area contributed by atoms with Gasteiger partial charge in [0.2, 0.25) is 10.0 Å². The molecule has 0 saturated carbocycles. The highest BCUT2D eigenvalue weighted by Gasteiger charge is 2.34. The predicted octanol–water partition coefficient (Wildman–Crippen LogP) is 0.302. The SMILES string of the molecule is Cc1noc(C)c1S(=O)(=O)N1CCN(C(=O)COc2ccccc2C(N)=O)CC1. The third kappa shape index (κ3) is 4.25. The molecule has 11 heteroatoms. The molecule has 3 rings (SSSR count). The number of nitrogens with zero attached hydrogens (tertiary/aromatic N) is 3. The van der Waals surface area contributed by atoms with Gasteiger partial charge >= 0.3 is 0 Å². The lowest BCUT2D eigenvalue weighted by Gasteiger charge is -2.33. The number of aromatic nitrogens is 1. The van der Waals surface area contributed by atoms with Gasteiger partial charge in [0.15, 0.2) is 12.4 Å². The second-order valence-corrected chi connectivity index (χ2v) is 8.46. The number of amides is 2. The van der Waals surface area contributed by atoms with Gasteiger partial charge in [-0.3, -0.25) is 9.59 Å². The van der Waals surface area contributed by atoms with E-state index in [1.165, 1.54) is 15.3 Å². The first-order valence-electron chi connectivity index (χ1n) is 8.94. The minimum absolute atomic E-state index is 0.0728. The van der Waals surface area contributed by atoms with Crippen LogP contribution in [0.1, 0.15) is 21.8 Å². The molecule has 156 valence electrons. The second-order valence-electron chi connectivity index (χ2n) is 6.59. The highest BCUT2D eigenvalue weighted by molar-refractivity contribution is 7.89. The summed E-state index contributed by atoms with van der Waals surface area (Å²) >= 11 is 0. The third-order valence-electron chi connectivity index (χ3n) is 4.66. The van der Waals surface area contributed by atoms with Crippen LogP contribution in [0.3, 0.4) is 0 Å². The number of sulfonamides is 1. The normalized spacial score (nSPS) is 15.3. The van der Waals surface area contributed by atoms with Crippen LogP contribution < -0.4 is 10.5 Å². The van der Waals surface area contributed by atoms with Gasteiger partial charge in [-0.15, -0.1) is 0 Å². The zero-order chi connectivity index (χ0) is 21.2. The summed E-state index contributed by atoms with van der Waals surface area (Å²) in [6.45, 7) is 3.59. The third-order valence-corrected chi connectivity index (χ3v) is 6.80. The highest BCUT2D eigenvalue weighted by Crippen LogP contribution is 2.24. The number of rotatable bonds is 6. The molecule has 1 aromatic carbocycles. The molecule has 0 bridgehead atoms. The van der Waals surface area contributed by atoms with Crippen LogP contribution >= 0.6 is 0 Å². The largest absolute Gasteiger partial charge is 0.483 e. The van der Waals surface area contributed by atoms with Crippen molar-refractivity contribution >= 4 is 21.8 Å². The summed E-state index contributed by atoms with van der Waals surface area (Å²) in [7, 11) is -3.74. The van der Waals surface area contributed by atoms with Crippen molar-refractivity contribution in [1.29, 1.82) is 0 Å². The quantitative estimate of drug-likeness (QED) is 0.707. The Hall–Kier alpha value is -2.92. The highest BCUT2D eigenvalue weighted by atomic mass is 32.2. The Kier molecular flexibility index (Phi) is 5.89. The fourth-order valence-electron chi connectivity index (χ4n) is 3.18. The molecular weight excluding hydrogens is 400 g/mol. The maximum Gasteiger partial charge on any atom is 0.260 e. The summed E-state index contributed by atoms with van der Waals surface area (Å²) in [5.74, 6) is -0.486. The summed E-state index contributed by atoms with van der Waals surface area (Å²) in [6.07, 6.45) is 0. The molecule has 1 fully saturated rings. The van der Waals surface area contributed by atoms with E-state index in [9.17, 15) is 18.0 Å². The van der Waals surface area contributed by atoms with Crippen molar-refractivity contribution in [3.05, 3.63) is 41.3 Å². The average molecular weight is 422 g/mol. The van der Waals surface area contributed by atoms with Gasteiger partial charge in [0.25, 0.3) is 11.8 Å². The summed E-state index contributed by atoms with van der Waals surface area (Å²) in [4.78, 5) is 25.4. The molecule has 0 unspecified atom stereocenters. The van der Waals surface area contributed by atoms with Crippen molar-refractivity contribution in [2.24, 2.45) is 5.73 Å². The number of carbonyl (C=O) groups is 2. The van der Waals surface area contributed by atoms with Crippen LogP contribution in [0.5, 0.6) is 5.75 Å². The van der Waals surface area contributed by atoms with Gasteiger partial charge in [-0.1, -0.05) is 17.3 Å². The smallest absolute Gasteiger partial charge is 0.260 e. The topological polar surface area (TPSA) is 136 Å². The molecule has 2 amide bonds. The number of aryl methyl sites for hydroxylation is 2. The number of hydrogen-bond donors (Lipinski definition) is 1. The van der Waals surface area contributed by atoms with Crippen molar-refractivity contribution in [2.75, 3.05) is 32.8 Å². The Morgan fingerprint density at radius 3 is 2.41 bits per heavy atom. The average Bonchev–Trinajstić information content (AvgIpc) is 3.05. The van der Waals surface area contributed by atoms with Crippen molar-refractivity contribution < 1.29 is 27.3 Å². The maximum atomic E-state index is 12.8. The van der Waals surface area contributed by atoms with Gasteiger partial charge < -0.3 is 19.9 Å². The van der Waals surface area contributed by atoms with E-state index in [1.54, 1.807) is 32.0 Å². The molecule has 2 N–H and O–H groups in total. The molecule has 1 saturated heterocycles. The minimum atomic E-state index is -3.74. The van der Waals surface area contributed by atoms with Gasteiger partial charge in [-0.2, -0.15) is 4.31 Å². The lowest BCUT2D eigenvalue weighted by atomic mass is 10.2. The van der Waals surface area contributed by atoms with Gasteiger partial charge in [0.05, 0.1) is 5.56 Å². The van der Waals surface area contributed by atoms with E-state index in [1.807, 2.05) is 0 Å². The molecule has 29 heavy (non-hydrogen) atoms. The van der Waals surface area contributed by atoms with Crippen LogP contribution in [0.4, 0.5) is 0 Å². The molecule has 1 aromatic heterocycles. The zero-order valence-corrected chi connectivity index (χ0v) is 16.9. The van der Waals surface area contributed by atoms with Crippen LogP contribution in [0.15, 0.2) is 33.7 Å². The number of nitrogens with two attached hydrogens (primary N) is 1. The molecule has 0 aliphatic carbocycles. The Morgan fingerprint density at radius 1 is 1.17 bits per heavy atom. The van der Waals surface area contributed by atoms with Crippen LogP contribution in [0.2, 0.25) is 0 Å². The Bertz CT molecular complexity index is 1010. The first kappa shape index (κ1) is 20.8. The Balaban J connectivity index is 1.60. The summed E-state index contributed by atoms with van der Waals surface area (Å²) < 4.78 is 37.4. The lowest BCUT2D eigenvalue weighted by molar-refractivity contribution is -0.134. The number of carbonyl (C=O) groups excluding carboxylic acids is 2. The predicted molar refractivity (Wildman–Crippen MR) is 102 cm³/mol. The van der Waals surface area contributed by atoms with E-state index in [2.05, 4.69) is 5.16 Å². The van der Waals surface area contributed by atoms with Crippen molar-refractivity contribution in [3.63, 3.8) is 0 Å². The lowest BCUT2D eigenvalue weighted by Crippen LogP contribution is -2.51. The standard InChI is InChI=1S/C18H22N4O6S/c1-12-17(13(2)28-20-12)29(25,26)22-9-7-21(8-10-22)16(23)11-27-15-6-4-3-5-14(15)18(19)24/h3-6H,7-11H2,1-2H3,(H2,19,24). The Morgan fingerprint density at radius 2 is 1.83 bits per heavy atom. The van der Waals surface area contributed by atoms with Crippen molar-refractivity contribution in [1.82, 2.24) is 14.4 Å². The minimum Gasteiger partial charge on any atom is -0.483 e. The summed E-state index contributed by atoms with van der Waals surface area (Å²) in [5, 5.41) is 3.70.